The number of alkyl halides is 6. The fraction of sp³-hybridized carbons (Fsp3) is 0.200. The number of rotatable bonds is 7. The van der Waals surface area contributed by atoms with E-state index in [9.17, 15) is 26.3 Å². The Hall–Kier alpha value is -4.06. The summed E-state index contributed by atoms with van der Waals surface area (Å²) in [6, 6.07) is 8.69. The van der Waals surface area contributed by atoms with Gasteiger partial charge in [0.1, 0.15) is 17.3 Å². The van der Waals surface area contributed by atoms with E-state index in [-0.39, 0.29) is 29.3 Å². The minimum absolute atomic E-state index is 0.201. The van der Waals surface area contributed by atoms with Crippen molar-refractivity contribution < 1.29 is 26.3 Å². The number of hydrogen-bond acceptors (Lipinski definition) is 6. The molecule has 192 valence electrons. The van der Waals surface area contributed by atoms with E-state index >= 15 is 0 Å². The minimum atomic E-state index is -4.61. The number of fused-ring (bicyclic) bond motifs is 1. The maximum atomic E-state index is 13.6. The first-order valence-electron chi connectivity index (χ1n) is 10.9. The molecule has 0 unspecified atom stereocenters. The molecular weight excluding hydrogens is 498 g/mol. The highest BCUT2D eigenvalue weighted by Crippen LogP contribution is 2.37. The summed E-state index contributed by atoms with van der Waals surface area (Å²) < 4.78 is 79.4. The van der Waals surface area contributed by atoms with Crippen molar-refractivity contribution in [3.63, 3.8) is 0 Å². The molecule has 3 aromatic heterocycles. The smallest absolute Gasteiger partial charge is 0.338 e. The van der Waals surface area contributed by atoms with Crippen molar-refractivity contribution in [3.8, 4) is 11.3 Å². The number of benzene rings is 1. The minimum Gasteiger partial charge on any atom is -0.338 e. The molecule has 37 heavy (non-hydrogen) atoms. The molecular formula is C25H20F6N6. The number of nitrogens with one attached hydrogen (secondary N) is 1. The first-order valence-corrected chi connectivity index (χ1v) is 10.9. The molecule has 6 nitrogen and oxygen atoms in total. The van der Waals surface area contributed by atoms with Gasteiger partial charge in [0.05, 0.1) is 35.2 Å². The van der Waals surface area contributed by atoms with E-state index < -0.39 is 23.6 Å². The topological polar surface area (TPSA) is 66.8 Å². The van der Waals surface area contributed by atoms with Gasteiger partial charge in [-0.1, -0.05) is 12.1 Å². The molecule has 12 heteroatoms. The average Bonchev–Trinajstić information content (AvgIpc) is 2.83. The Labute approximate surface area is 207 Å². The zero-order valence-electron chi connectivity index (χ0n) is 19.4. The second kappa shape index (κ2) is 10.1. The van der Waals surface area contributed by atoms with Crippen LogP contribution in [0.4, 0.5) is 37.8 Å². The quantitative estimate of drug-likeness (QED) is 0.223. The van der Waals surface area contributed by atoms with Gasteiger partial charge in [0.2, 0.25) is 0 Å². The van der Waals surface area contributed by atoms with Crippen molar-refractivity contribution in [3.05, 3.63) is 84.6 Å². The van der Waals surface area contributed by atoms with E-state index in [0.29, 0.717) is 23.3 Å². The summed E-state index contributed by atoms with van der Waals surface area (Å²) in [5.74, 6) is 0.602. The Bertz CT molecular complexity index is 1420. The highest BCUT2D eigenvalue weighted by molar-refractivity contribution is 5.93. The standard InChI is InChI=1S/C25H20F6N6/c1-3-11-37(2)14-21-35-19-12-15(22-18(24(26,27)28)5-4-10-32-22)6-8-17(19)23(36-21)34-16-7-9-20(33-13-16)25(29,30)31/h3-10,12-13H,1,11,14H2,2H3,(H,34,35,36). The van der Waals surface area contributed by atoms with Crippen LogP contribution in [0.15, 0.2) is 67.5 Å². The lowest BCUT2D eigenvalue weighted by molar-refractivity contribution is -0.141. The Morgan fingerprint density at radius 1 is 0.973 bits per heavy atom. The van der Waals surface area contributed by atoms with Gasteiger partial charge in [0.15, 0.2) is 0 Å². The van der Waals surface area contributed by atoms with E-state index in [1.54, 1.807) is 6.08 Å². The molecule has 0 radical (unpaired) electrons. The molecule has 1 N–H and O–H groups in total. The van der Waals surface area contributed by atoms with Crippen LogP contribution < -0.4 is 5.32 Å². The number of aromatic nitrogens is 4. The van der Waals surface area contributed by atoms with Gasteiger partial charge in [-0.05, 0) is 43.4 Å². The third-order valence-corrected chi connectivity index (χ3v) is 5.30. The van der Waals surface area contributed by atoms with Gasteiger partial charge in [-0.25, -0.2) is 15.0 Å². The van der Waals surface area contributed by atoms with Gasteiger partial charge < -0.3 is 5.32 Å². The monoisotopic (exact) mass is 518 g/mol. The zero-order valence-corrected chi connectivity index (χ0v) is 19.4. The first-order chi connectivity index (χ1) is 17.5. The molecule has 4 rings (SSSR count). The second-order valence-corrected chi connectivity index (χ2v) is 8.16. The Balaban J connectivity index is 1.80. The average molecular weight is 518 g/mol. The predicted octanol–water partition coefficient (Wildman–Crippen LogP) is 6.49. The van der Waals surface area contributed by atoms with E-state index in [1.807, 2.05) is 11.9 Å². The van der Waals surface area contributed by atoms with E-state index in [1.165, 1.54) is 36.5 Å². The zero-order chi connectivity index (χ0) is 26.8. The highest BCUT2D eigenvalue weighted by atomic mass is 19.4. The van der Waals surface area contributed by atoms with Gasteiger partial charge in [-0.15, -0.1) is 6.58 Å². The molecule has 0 aliphatic carbocycles. The molecule has 0 saturated heterocycles. The molecule has 1 aromatic carbocycles. The van der Waals surface area contributed by atoms with Crippen LogP contribution in [-0.4, -0.2) is 38.4 Å². The van der Waals surface area contributed by atoms with E-state index in [4.69, 9.17) is 0 Å². The van der Waals surface area contributed by atoms with Crippen LogP contribution >= 0.6 is 0 Å². The fourth-order valence-corrected chi connectivity index (χ4v) is 3.65. The summed E-state index contributed by atoms with van der Waals surface area (Å²) in [4.78, 5) is 18.3. The second-order valence-electron chi connectivity index (χ2n) is 8.16. The fourth-order valence-electron chi connectivity index (χ4n) is 3.65. The Kier molecular flexibility index (Phi) is 7.12. The molecule has 0 aliphatic rings. The predicted molar refractivity (Wildman–Crippen MR) is 127 cm³/mol. The summed E-state index contributed by atoms with van der Waals surface area (Å²) in [7, 11) is 1.81. The maximum Gasteiger partial charge on any atom is 0.433 e. The molecule has 0 spiro atoms. The number of likely N-dealkylation sites (N-methyl/N-ethyl adjacent to an activating group) is 1. The maximum absolute atomic E-state index is 13.6. The van der Waals surface area contributed by atoms with Gasteiger partial charge in [0, 0.05) is 23.7 Å². The third-order valence-electron chi connectivity index (χ3n) is 5.30. The van der Waals surface area contributed by atoms with Crippen LogP contribution in [0.1, 0.15) is 17.1 Å². The SMILES string of the molecule is C=CCN(C)Cc1nc(Nc2ccc(C(F)(F)F)nc2)c2ccc(-c3ncccc3C(F)(F)F)cc2n1. The third kappa shape index (κ3) is 6.02. The number of halogens is 6. The van der Waals surface area contributed by atoms with Crippen LogP contribution in [0.2, 0.25) is 0 Å². The van der Waals surface area contributed by atoms with Crippen molar-refractivity contribution >= 4 is 22.4 Å². The van der Waals surface area contributed by atoms with Crippen LogP contribution in [0.3, 0.4) is 0 Å². The molecule has 0 amide bonds. The highest BCUT2D eigenvalue weighted by Gasteiger charge is 2.34. The van der Waals surface area contributed by atoms with Crippen LogP contribution in [0, 0.1) is 0 Å². The van der Waals surface area contributed by atoms with Gasteiger partial charge in [-0.2, -0.15) is 26.3 Å². The van der Waals surface area contributed by atoms with Crippen molar-refractivity contribution in [2.45, 2.75) is 18.9 Å². The van der Waals surface area contributed by atoms with Gasteiger partial charge in [0.25, 0.3) is 0 Å². The Morgan fingerprint density at radius 2 is 1.76 bits per heavy atom. The van der Waals surface area contributed by atoms with E-state index in [0.717, 1.165) is 18.3 Å². The van der Waals surface area contributed by atoms with Crippen LogP contribution in [-0.2, 0) is 18.9 Å². The number of hydrogen-bond donors (Lipinski definition) is 1. The molecule has 0 fully saturated rings. The summed E-state index contributed by atoms with van der Waals surface area (Å²) in [5, 5.41) is 3.40. The lowest BCUT2D eigenvalue weighted by atomic mass is 10.0. The van der Waals surface area contributed by atoms with Gasteiger partial charge >= 0.3 is 12.4 Å². The molecule has 0 aliphatic heterocycles. The summed E-state index contributed by atoms with van der Waals surface area (Å²) in [6.45, 7) is 4.49. The summed E-state index contributed by atoms with van der Waals surface area (Å²) in [6.07, 6.45) is -5.20. The first kappa shape index (κ1) is 26.0. The molecule has 0 bridgehead atoms. The van der Waals surface area contributed by atoms with Crippen molar-refractivity contribution in [2.75, 3.05) is 18.9 Å². The normalized spacial score (nSPS) is 12.2. The lowest BCUT2D eigenvalue weighted by Crippen LogP contribution is -2.19. The number of nitrogens with zero attached hydrogens (tertiary/aromatic N) is 5. The lowest BCUT2D eigenvalue weighted by Gasteiger charge is -2.16. The van der Waals surface area contributed by atoms with Gasteiger partial charge in [-0.3, -0.25) is 9.88 Å². The molecule has 3 heterocycles. The Morgan fingerprint density at radius 3 is 2.41 bits per heavy atom. The van der Waals surface area contributed by atoms with Crippen molar-refractivity contribution in [2.24, 2.45) is 0 Å². The molecule has 0 atom stereocenters. The van der Waals surface area contributed by atoms with E-state index in [2.05, 4.69) is 31.8 Å². The largest absolute Gasteiger partial charge is 0.433 e. The molecule has 0 saturated carbocycles. The van der Waals surface area contributed by atoms with Crippen LogP contribution in [0.25, 0.3) is 22.2 Å². The molecule has 4 aromatic rings. The van der Waals surface area contributed by atoms with Crippen LogP contribution in [0.5, 0.6) is 0 Å². The summed E-state index contributed by atoms with van der Waals surface area (Å²) in [5.41, 5.74) is -1.41. The van der Waals surface area contributed by atoms with Crippen molar-refractivity contribution in [1.82, 2.24) is 24.8 Å². The number of pyridine rings is 2. The van der Waals surface area contributed by atoms with Crippen molar-refractivity contribution in [1.29, 1.82) is 0 Å². The summed E-state index contributed by atoms with van der Waals surface area (Å²) >= 11 is 0. The number of anilines is 2.